The van der Waals surface area contributed by atoms with Crippen LogP contribution in [0.3, 0.4) is 0 Å². The monoisotopic (exact) mass is 834 g/mol. The lowest BCUT2D eigenvalue weighted by Gasteiger charge is -2.24. The summed E-state index contributed by atoms with van der Waals surface area (Å²) in [4.78, 5) is 0. The Balaban J connectivity index is 1.11. The molecule has 0 heteroatoms. The standard InChI is InChI=1S/C66H42/c1-3-13-39(14-4-1)41-25-29-44(30-26-41)61-58-37-56-54-35-33-52-50-23-11-17-43-18-12-24-51(60(43)50)53-34-36-55(64(54)63(52)53)57(56)38-59(58)62(45-31-27-42(28-32-45)40-15-5-2-6-16-40)66-49-22-10-8-20-47(49)46-19-7-9-21-48(46)65(61)66/h1-11,13-23,25-33,35,37-38H,12,24,34,36H2. The molecule has 12 aromatic rings. The van der Waals surface area contributed by atoms with Crippen LogP contribution >= 0.6 is 0 Å². The smallest absolute Gasteiger partial charge is 0.000763 e. The first-order valence-corrected chi connectivity index (χ1v) is 23.7. The predicted octanol–water partition coefficient (Wildman–Crippen LogP) is 16.1. The van der Waals surface area contributed by atoms with Gasteiger partial charge in [-0.3, -0.25) is 0 Å². The van der Waals surface area contributed by atoms with Gasteiger partial charge in [-0.05, 0) is 191 Å². The summed E-state index contributed by atoms with van der Waals surface area (Å²) in [6, 6.07) is 75.8. The molecule has 0 saturated heterocycles. The van der Waals surface area contributed by atoms with Crippen molar-refractivity contribution < 1.29 is 0 Å². The summed E-state index contributed by atoms with van der Waals surface area (Å²) < 4.78 is 0. The summed E-state index contributed by atoms with van der Waals surface area (Å²) in [6.07, 6.45) is 6.84. The summed E-state index contributed by atoms with van der Waals surface area (Å²) in [6.45, 7) is 0. The summed E-state index contributed by atoms with van der Waals surface area (Å²) >= 11 is 0. The fourth-order valence-electron chi connectivity index (χ4n) is 12.8. The Morgan fingerprint density at radius 1 is 0.273 bits per heavy atom. The minimum Gasteiger partial charge on any atom is -0.0763 e. The first-order chi connectivity index (χ1) is 32.8. The zero-order valence-corrected chi connectivity index (χ0v) is 36.5. The van der Waals surface area contributed by atoms with Crippen molar-refractivity contribution in [3.05, 3.63) is 227 Å². The van der Waals surface area contributed by atoms with Gasteiger partial charge in [0.2, 0.25) is 0 Å². The minimum absolute atomic E-state index is 1.05. The van der Waals surface area contributed by atoms with Crippen LogP contribution in [0.25, 0.3) is 132 Å². The summed E-state index contributed by atoms with van der Waals surface area (Å²) in [5, 5.41) is 19.1. The molecule has 0 fully saturated rings. The molecule has 15 rings (SSSR count). The number of rotatable bonds is 4. The van der Waals surface area contributed by atoms with Gasteiger partial charge in [-0.15, -0.1) is 0 Å². The quantitative estimate of drug-likeness (QED) is 0.122. The molecule has 66 heavy (non-hydrogen) atoms. The van der Waals surface area contributed by atoms with Crippen LogP contribution in [0.2, 0.25) is 0 Å². The van der Waals surface area contributed by atoms with E-state index in [2.05, 4.69) is 206 Å². The normalized spacial score (nSPS) is 13.6. The van der Waals surface area contributed by atoms with E-state index in [0.29, 0.717) is 0 Å². The van der Waals surface area contributed by atoms with Crippen molar-refractivity contribution in [2.24, 2.45) is 0 Å². The van der Waals surface area contributed by atoms with Crippen LogP contribution < -0.4 is 10.4 Å². The van der Waals surface area contributed by atoms with E-state index in [0.717, 1.165) is 25.7 Å². The van der Waals surface area contributed by atoms with Crippen LogP contribution in [0.4, 0.5) is 0 Å². The van der Waals surface area contributed by atoms with Crippen molar-refractivity contribution in [3.63, 3.8) is 0 Å². The van der Waals surface area contributed by atoms with E-state index >= 15 is 0 Å². The van der Waals surface area contributed by atoms with Gasteiger partial charge in [0.15, 0.2) is 0 Å². The van der Waals surface area contributed by atoms with E-state index in [9.17, 15) is 0 Å². The van der Waals surface area contributed by atoms with Gasteiger partial charge < -0.3 is 0 Å². The molecule has 306 valence electrons. The highest BCUT2D eigenvalue weighted by Crippen LogP contribution is 2.53. The summed E-state index contributed by atoms with van der Waals surface area (Å²) in [5.41, 5.74) is 18.9. The van der Waals surface area contributed by atoms with Crippen molar-refractivity contribution in [2.45, 2.75) is 25.7 Å². The Kier molecular flexibility index (Phi) is 7.55. The van der Waals surface area contributed by atoms with E-state index in [4.69, 9.17) is 0 Å². The second-order valence-electron chi connectivity index (χ2n) is 18.8. The number of hydrogen-bond acceptors (Lipinski definition) is 0. The topological polar surface area (TPSA) is 0 Å². The van der Waals surface area contributed by atoms with E-state index in [1.54, 1.807) is 11.1 Å². The SMILES string of the molecule is C1=c2cccc3c2c(c2c4c5c(ccc43)-c3cc4c(-c6ccc(-c7ccccc7)cc6)c6c7ccccc7c7ccccc7c6c(-c6ccc(-c7ccccc7)cc6)c4cc3C=5CC2)CC1. The molecular formula is C66H42. The maximum atomic E-state index is 2.63. The lowest BCUT2D eigenvalue weighted by atomic mass is 9.79. The molecule has 12 aromatic carbocycles. The van der Waals surface area contributed by atoms with Gasteiger partial charge in [-0.2, -0.15) is 0 Å². The molecule has 0 aliphatic heterocycles. The van der Waals surface area contributed by atoms with E-state index in [1.807, 2.05) is 0 Å². The second-order valence-corrected chi connectivity index (χ2v) is 18.8. The van der Waals surface area contributed by atoms with Crippen molar-refractivity contribution >= 4 is 76.3 Å². The number of aryl methyl sites for hydroxylation is 2. The molecule has 0 aromatic heterocycles. The zero-order valence-electron chi connectivity index (χ0n) is 36.5. The van der Waals surface area contributed by atoms with Crippen molar-refractivity contribution in [2.75, 3.05) is 0 Å². The van der Waals surface area contributed by atoms with Crippen LogP contribution in [-0.4, -0.2) is 0 Å². The molecule has 0 bridgehead atoms. The molecule has 0 spiro atoms. The van der Waals surface area contributed by atoms with Gasteiger partial charge >= 0.3 is 0 Å². The van der Waals surface area contributed by atoms with Gasteiger partial charge in [0.05, 0.1) is 0 Å². The second kappa shape index (κ2) is 13.7. The Morgan fingerprint density at radius 3 is 1.35 bits per heavy atom. The van der Waals surface area contributed by atoms with Gasteiger partial charge in [-0.25, -0.2) is 0 Å². The fraction of sp³-hybridized carbons (Fsp3) is 0.0606. The molecule has 0 radical (unpaired) electrons. The van der Waals surface area contributed by atoms with Crippen LogP contribution in [0.1, 0.15) is 29.5 Å². The lowest BCUT2D eigenvalue weighted by Crippen LogP contribution is -2.19. The molecule has 0 heterocycles. The third-order valence-corrected chi connectivity index (χ3v) is 15.6. The minimum atomic E-state index is 1.05. The number of fused-ring (bicyclic) bond motifs is 12. The van der Waals surface area contributed by atoms with E-state index in [1.165, 1.54) is 142 Å². The summed E-state index contributed by atoms with van der Waals surface area (Å²) in [5.74, 6) is 0. The molecule has 0 nitrogen and oxygen atoms in total. The van der Waals surface area contributed by atoms with Crippen molar-refractivity contribution in [3.8, 4) is 55.6 Å². The molecule has 0 amide bonds. The van der Waals surface area contributed by atoms with Crippen LogP contribution in [0, 0.1) is 0 Å². The van der Waals surface area contributed by atoms with Crippen LogP contribution in [0.15, 0.2) is 200 Å². The van der Waals surface area contributed by atoms with Gasteiger partial charge in [-0.1, -0.05) is 194 Å². The fourth-order valence-corrected chi connectivity index (χ4v) is 12.8. The average molecular weight is 835 g/mol. The van der Waals surface area contributed by atoms with Crippen molar-refractivity contribution in [1.29, 1.82) is 0 Å². The summed E-state index contributed by atoms with van der Waals surface area (Å²) in [7, 11) is 0. The Hall–Kier alpha value is -8.06. The highest BCUT2D eigenvalue weighted by Gasteiger charge is 2.31. The Bertz CT molecular complexity index is 4210. The molecule has 3 aliphatic rings. The molecular weight excluding hydrogens is 793 g/mol. The molecule has 0 saturated carbocycles. The number of benzene rings is 12. The third-order valence-electron chi connectivity index (χ3n) is 15.6. The number of hydrogen-bond donors (Lipinski definition) is 0. The van der Waals surface area contributed by atoms with Gasteiger partial charge in [0.25, 0.3) is 0 Å². The van der Waals surface area contributed by atoms with Crippen LogP contribution in [0.5, 0.6) is 0 Å². The third kappa shape index (κ3) is 4.99. The zero-order chi connectivity index (χ0) is 43.0. The predicted molar refractivity (Wildman–Crippen MR) is 282 cm³/mol. The van der Waals surface area contributed by atoms with Crippen molar-refractivity contribution in [1.82, 2.24) is 0 Å². The lowest BCUT2D eigenvalue weighted by molar-refractivity contribution is 0.949. The van der Waals surface area contributed by atoms with E-state index < -0.39 is 0 Å². The van der Waals surface area contributed by atoms with E-state index in [-0.39, 0.29) is 0 Å². The molecule has 0 atom stereocenters. The highest BCUT2D eigenvalue weighted by molar-refractivity contribution is 6.37. The molecule has 0 unspecified atom stereocenters. The Morgan fingerprint density at radius 2 is 0.742 bits per heavy atom. The molecule has 3 aliphatic carbocycles. The van der Waals surface area contributed by atoms with Gasteiger partial charge in [0, 0.05) is 0 Å². The Labute approximate surface area is 383 Å². The highest BCUT2D eigenvalue weighted by atomic mass is 14.3. The first-order valence-electron chi connectivity index (χ1n) is 23.7. The maximum absolute atomic E-state index is 2.63. The largest absolute Gasteiger partial charge is 0.0763 e. The average Bonchev–Trinajstić information content (AvgIpc) is 3.71. The first kappa shape index (κ1) is 36.3. The maximum Gasteiger partial charge on any atom is -0.000763 e. The van der Waals surface area contributed by atoms with Gasteiger partial charge in [0.1, 0.15) is 0 Å². The molecule has 0 N–H and O–H groups in total. The van der Waals surface area contributed by atoms with Crippen LogP contribution in [-0.2, 0) is 12.8 Å².